The second-order valence-corrected chi connectivity index (χ2v) is 5.42. The largest absolute Gasteiger partial charge is 0.363 e. The minimum absolute atomic E-state index is 0.272. The summed E-state index contributed by atoms with van der Waals surface area (Å²) < 4.78 is 5.06. The third kappa shape index (κ3) is 2.39. The zero-order valence-electron chi connectivity index (χ0n) is 11.4. The Balaban J connectivity index is 1.91. The molecule has 0 atom stereocenters. The van der Waals surface area contributed by atoms with Crippen molar-refractivity contribution in [3.05, 3.63) is 40.0 Å². The smallest absolute Gasteiger partial charge is 0.240 e. The number of nitrogens with two attached hydrogens (primary N) is 1. The molecule has 5 nitrogen and oxygen atoms in total. The third-order valence-corrected chi connectivity index (χ3v) is 4.07. The lowest BCUT2D eigenvalue weighted by atomic mass is 9.98. The summed E-state index contributed by atoms with van der Waals surface area (Å²) in [7, 11) is 0. The van der Waals surface area contributed by atoms with Gasteiger partial charge in [-0.1, -0.05) is 22.8 Å². The van der Waals surface area contributed by atoms with Gasteiger partial charge in [-0.25, -0.2) is 0 Å². The molecule has 2 N–H and O–H groups in total. The maximum atomic E-state index is 6.25. The lowest BCUT2D eigenvalue weighted by molar-refractivity contribution is 0.374. The highest BCUT2D eigenvalue weighted by atomic mass is 35.5. The Bertz CT molecular complexity index is 626. The van der Waals surface area contributed by atoms with Crippen LogP contribution < -0.4 is 10.6 Å². The summed E-state index contributed by atoms with van der Waals surface area (Å²) in [5.74, 6) is 1.14. The Labute approximate surface area is 122 Å². The molecule has 0 amide bonds. The summed E-state index contributed by atoms with van der Waals surface area (Å²) in [6.45, 7) is 3.92. The van der Waals surface area contributed by atoms with Crippen molar-refractivity contribution >= 4 is 17.3 Å². The monoisotopic (exact) mass is 292 g/mol. The van der Waals surface area contributed by atoms with Crippen molar-refractivity contribution in [2.45, 2.75) is 32.9 Å². The molecule has 0 radical (unpaired) electrons. The van der Waals surface area contributed by atoms with Gasteiger partial charge in [0, 0.05) is 17.3 Å². The Morgan fingerprint density at radius 1 is 1.45 bits per heavy atom. The van der Waals surface area contributed by atoms with Crippen molar-refractivity contribution in [3.8, 4) is 0 Å². The van der Waals surface area contributed by atoms with Gasteiger partial charge < -0.3 is 15.2 Å². The predicted molar refractivity (Wildman–Crippen MR) is 77.7 cm³/mol. The van der Waals surface area contributed by atoms with Crippen LogP contribution in [0.15, 0.2) is 16.7 Å². The summed E-state index contributed by atoms with van der Waals surface area (Å²) in [5.41, 5.74) is 9.15. The van der Waals surface area contributed by atoms with E-state index in [0.29, 0.717) is 18.3 Å². The van der Waals surface area contributed by atoms with E-state index in [1.807, 2.05) is 6.07 Å². The van der Waals surface area contributed by atoms with Crippen LogP contribution >= 0.6 is 11.6 Å². The van der Waals surface area contributed by atoms with Crippen LogP contribution in [-0.2, 0) is 19.5 Å². The molecule has 0 saturated carbocycles. The SMILES string of the molecule is Cc1c(Cl)ccc2c1N(Cc1noc(CN)n1)CCC2. The van der Waals surface area contributed by atoms with E-state index in [0.717, 1.165) is 30.0 Å². The third-order valence-electron chi connectivity index (χ3n) is 3.66. The fourth-order valence-electron chi connectivity index (χ4n) is 2.71. The molecule has 0 spiro atoms. The second kappa shape index (κ2) is 5.42. The number of anilines is 1. The van der Waals surface area contributed by atoms with E-state index in [-0.39, 0.29) is 6.54 Å². The average molecular weight is 293 g/mol. The van der Waals surface area contributed by atoms with E-state index in [2.05, 4.69) is 28.0 Å². The number of benzene rings is 1. The highest BCUT2D eigenvalue weighted by Crippen LogP contribution is 2.35. The van der Waals surface area contributed by atoms with Crippen LogP contribution in [-0.4, -0.2) is 16.7 Å². The maximum absolute atomic E-state index is 6.25. The summed E-state index contributed by atoms with van der Waals surface area (Å²) in [6.07, 6.45) is 2.21. The van der Waals surface area contributed by atoms with Gasteiger partial charge in [0.05, 0.1) is 13.1 Å². The fraction of sp³-hybridized carbons (Fsp3) is 0.429. The second-order valence-electron chi connectivity index (χ2n) is 5.01. The normalized spacial score (nSPS) is 14.4. The lowest BCUT2D eigenvalue weighted by Crippen LogP contribution is -2.30. The van der Waals surface area contributed by atoms with Gasteiger partial charge in [-0.05, 0) is 37.0 Å². The van der Waals surface area contributed by atoms with Crippen LogP contribution in [0.4, 0.5) is 5.69 Å². The first-order valence-electron chi connectivity index (χ1n) is 6.73. The highest BCUT2D eigenvalue weighted by Gasteiger charge is 2.21. The van der Waals surface area contributed by atoms with Gasteiger partial charge in [-0.15, -0.1) is 0 Å². The van der Waals surface area contributed by atoms with Crippen LogP contribution in [0.5, 0.6) is 0 Å². The Kier molecular flexibility index (Phi) is 3.63. The molecule has 6 heteroatoms. The number of hydrogen-bond donors (Lipinski definition) is 1. The Morgan fingerprint density at radius 2 is 2.30 bits per heavy atom. The fourth-order valence-corrected chi connectivity index (χ4v) is 2.86. The molecule has 0 unspecified atom stereocenters. The topological polar surface area (TPSA) is 68.2 Å². The minimum atomic E-state index is 0.272. The zero-order valence-corrected chi connectivity index (χ0v) is 12.2. The van der Waals surface area contributed by atoms with Gasteiger partial charge in [0.15, 0.2) is 5.82 Å². The summed E-state index contributed by atoms with van der Waals surface area (Å²) in [4.78, 5) is 6.54. The molecule has 0 saturated heterocycles. The van der Waals surface area contributed by atoms with Crippen LogP contribution in [0.3, 0.4) is 0 Å². The lowest BCUT2D eigenvalue weighted by Gasteiger charge is -2.32. The number of halogens is 1. The number of rotatable bonds is 3. The van der Waals surface area contributed by atoms with Crippen LogP contribution in [0.1, 0.15) is 29.3 Å². The molecule has 0 bridgehead atoms. The number of nitrogens with zero attached hydrogens (tertiary/aromatic N) is 3. The summed E-state index contributed by atoms with van der Waals surface area (Å²) in [6, 6.07) is 4.08. The van der Waals surface area contributed by atoms with Crippen LogP contribution in [0.2, 0.25) is 5.02 Å². The summed E-state index contributed by atoms with van der Waals surface area (Å²) >= 11 is 6.25. The quantitative estimate of drug-likeness (QED) is 0.941. The van der Waals surface area contributed by atoms with Gasteiger partial charge in [-0.3, -0.25) is 0 Å². The zero-order chi connectivity index (χ0) is 14.1. The van der Waals surface area contributed by atoms with Crippen molar-refractivity contribution in [3.63, 3.8) is 0 Å². The van der Waals surface area contributed by atoms with Gasteiger partial charge in [0.1, 0.15) is 0 Å². The molecule has 3 rings (SSSR count). The minimum Gasteiger partial charge on any atom is -0.363 e. The van der Waals surface area contributed by atoms with Crippen LogP contribution in [0.25, 0.3) is 0 Å². The van der Waals surface area contributed by atoms with E-state index >= 15 is 0 Å². The number of hydrogen-bond acceptors (Lipinski definition) is 5. The van der Waals surface area contributed by atoms with E-state index in [4.69, 9.17) is 21.9 Å². The maximum Gasteiger partial charge on any atom is 0.240 e. The van der Waals surface area contributed by atoms with Crippen molar-refractivity contribution in [1.82, 2.24) is 10.1 Å². The number of aromatic nitrogens is 2. The molecule has 0 aliphatic carbocycles. The molecular weight excluding hydrogens is 276 g/mol. The average Bonchev–Trinajstić information content (AvgIpc) is 2.91. The molecule has 1 aromatic heterocycles. The Hall–Kier alpha value is -1.59. The highest BCUT2D eigenvalue weighted by molar-refractivity contribution is 6.31. The number of fused-ring (bicyclic) bond motifs is 1. The predicted octanol–water partition coefficient (Wildman–Crippen LogP) is 2.44. The van der Waals surface area contributed by atoms with Gasteiger partial charge >= 0.3 is 0 Å². The molecule has 2 aromatic rings. The summed E-state index contributed by atoms with van der Waals surface area (Å²) in [5, 5.41) is 4.76. The van der Waals surface area contributed by atoms with Crippen molar-refractivity contribution in [1.29, 1.82) is 0 Å². The van der Waals surface area contributed by atoms with E-state index < -0.39 is 0 Å². The molecular formula is C14H17ClN4O. The Morgan fingerprint density at radius 3 is 3.05 bits per heavy atom. The number of aryl methyl sites for hydroxylation is 1. The first kappa shape index (κ1) is 13.4. The standard InChI is InChI=1S/C14H17ClN4O/c1-9-11(15)5-4-10-3-2-6-19(14(9)10)8-12-17-13(7-16)20-18-12/h4-5H,2-3,6-8,16H2,1H3. The van der Waals surface area contributed by atoms with E-state index in [9.17, 15) is 0 Å². The molecule has 1 aliphatic heterocycles. The van der Waals surface area contributed by atoms with Gasteiger partial charge in [-0.2, -0.15) is 4.98 Å². The molecule has 1 aliphatic rings. The molecule has 20 heavy (non-hydrogen) atoms. The van der Waals surface area contributed by atoms with Crippen molar-refractivity contribution in [2.75, 3.05) is 11.4 Å². The van der Waals surface area contributed by atoms with E-state index in [1.54, 1.807) is 0 Å². The molecule has 2 heterocycles. The molecule has 0 fully saturated rings. The van der Waals surface area contributed by atoms with E-state index in [1.165, 1.54) is 11.3 Å². The van der Waals surface area contributed by atoms with Gasteiger partial charge in [0.2, 0.25) is 5.89 Å². The van der Waals surface area contributed by atoms with Crippen molar-refractivity contribution in [2.24, 2.45) is 5.73 Å². The van der Waals surface area contributed by atoms with Gasteiger partial charge in [0.25, 0.3) is 0 Å². The van der Waals surface area contributed by atoms with Crippen molar-refractivity contribution < 1.29 is 4.52 Å². The molecule has 1 aromatic carbocycles. The van der Waals surface area contributed by atoms with Crippen LogP contribution in [0, 0.1) is 6.92 Å². The first-order chi connectivity index (χ1) is 9.69. The molecule has 106 valence electrons. The first-order valence-corrected chi connectivity index (χ1v) is 7.11.